The van der Waals surface area contributed by atoms with Gasteiger partial charge in [0.15, 0.2) is 0 Å². The van der Waals surface area contributed by atoms with Crippen LogP contribution in [-0.4, -0.2) is 30.6 Å². The van der Waals surface area contributed by atoms with Crippen molar-refractivity contribution < 1.29 is 30.6 Å². The summed E-state index contributed by atoms with van der Waals surface area (Å²) < 4.78 is 0. The van der Waals surface area contributed by atoms with Gasteiger partial charge < -0.3 is 30.6 Å². The maximum absolute atomic E-state index is 12.2. The number of rotatable bonds is 8. The van der Waals surface area contributed by atoms with Gasteiger partial charge in [-0.15, -0.1) is 0 Å². The van der Waals surface area contributed by atoms with Crippen molar-refractivity contribution in [1.29, 1.82) is 0 Å². The summed E-state index contributed by atoms with van der Waals surface area (Å²) in [4.78, 5) is 0. The lowest BCUT2D eigenvalue weighted by molar-refractivity contribution is -0.0282. The summed E-state index contributed by atoms with van der Waals surface area (Å²) in [6.07, 6.45) is 6.49. The summed E-state index contributed by atoms with van der Waals surface area (Å²) in [5.74, 6) is 1.86. The summed E-state index contributed by atoms with van der Waals surface area (Å²) in [5.41, 5.74) is 16.5. The fourth-order valence-electron chi connectivity index (χ4n) is 13.1. The van der Waals surface area contributed by atoms with Crippen LogP contribution in [0.15, 0.2) is 72.8 Å². The largest absolute Gasteiger partial charge is 0.508 e. The molecule has 0 spiro atoms. The van der Waals surface area contributed by atoms with Crippen LogP contribution in [0.1, 0.15) is 151 Å². The van der Waals surface area contributed by atoms with E-state index in [0.717, 1.165) is 121 Å². The molecule has 0 saturated heterocycles. The number of benzene rings is 6. The number of hydrogen-bond acceptors (Lipinski definition) is 6. The van der Waals surface area contributed by atoms with E-state index in [0.29, 0.717) is 11.8 Å². The molecule has 0 heterocycles. The van der Waals surface area contributed by atoms with E-state index < -0.39 is 0 Å². The van der Waals surface area contributed by atoms with Crippen molar-refractivity contribution in [2.75, 3.05) is 0 Å². The van der Waals surface area contributed by atoms with Crippen LogP contribution in [0.4, 0.5) is 0 Å². The molecule has 6 heteroatoms. The quantitative estimate of drug-likeness (QED) is 0.0848. The lowest BCUT2D eigenvalue weighted by atomic mass is 9.41. The Bertz CT molecular complexity index is 2580. The van der Waals surface area contributed by atoms with Crippen molar-refractivity contribution in [2.24, 2.45) is 11.8 Å². The normalized spacial score (nSPS) is 21.4. The molecule has 4 saturated carbocycles. The van der Waals surface area contributed by atoms with Gasteiger partial charge in [0, 0.05) is 23.0 Å². The number of aryl methyl sites for hydroxylation is 10. The van der Waals surface area contributed by atoms with Crippen LogP contribution in [0.5, 0.6) is 34.5 Å². The Morgan fingerprint density at radius 2 is 0.625 bits per heavy atom. The smallest absolute Gasteiger partial charge is 0.122 e. The second-order valence-electron chi connectivity index (χ2n) is 20.8. The van der Waals surface area contributed by atoms with Crippen LogP contribution in [0, 0.1) is 81.1 Å². The van der Waals surface area contributed by atoms with Gasteiger partial charge in [-0.05, 0) is 244 Å². The third-order valence-corrected chi connectivity index (χ3v) is 16.2. The average molecular weight is 857 g/mol. The molecule has 6 aromatic carbocycles. The van der Waals surface area contributed by atoms with Crippen LogP contribution in [-0.2, 0) is 10.8 Å². The highest BCUT2D eigenvalue weighted by Gasteiger charge is 2.59. The van der Waals surface area contributed by atoms with Gasteiger partial charge >= 0.3 is 0 Å². The first kappa shape index (κ1) is 43.4. The summed E-state index contributed by atoms with van der Waals surface area (Å²) in [5, 5.41) is 67.6. The molecule has 4 aliphatic rings. The Labute approximate surface area is 378 Å². The van der Waals surface area contributed by atoms with Gasteiger partial charge in [0.05, 0.1) is 0 Å². The molecule has 0 unspecified atom stereocenters. The predicted octanol–water partition coefficient (Wildman–Crippen LogP) is 13.2. The van der Waals surface area contributed by atoms with Gasteiger partial charge in [-0.3, -0.25) is 0 Å². The molecule has 4 bridgehead atoms. The van der Waals surface area contributed by atoms with E-state index in [1.165, 1.54) is 17.5 Å². The highest BCUT2D eigenvalue weighted by atomic mass is 16.3. The predicted molar refractivity (Wildman–Crippen MR) is 256 cm³/mol. The highest BCUT2D eigenvalue weighted by molar-refractivity contribution is 5.62. The van der Waals surface area contributed by atoms with E-state index in [9.17, 15) is 30.6 Å². The van der Waals surface area contributed by atoms with Gasteiger partial charge in [0.25, 0.3) is 0 Å². The van der Waals surface area contributed by atoms with Crippen LogP contribution in [0.2, 0.25) is 0 Å². The molecular formula is C58H64O6. The first-order valence-electron chi connectivity index (χ1n) is 23.1. The van der Waals surface area contributed by atoms with Crippen molar-refractivity contribution in [3.8, 4) is 34.5 Å². The standard InChI is InChI=1S/C58H64O6/c1-29-17-49(59)33(5)13-43(29)53(44-14-34(6)50(60)18-30(44)2)47-22-41(11-37(9)55(47)63)57-24-39-21-40(25-57)27-58(26-39,28-57)42-12-38(10)56(64)48(23-42)54(45-15-35(7)51(61)19-31(45)3)46-16-36(8)52(62)20-32(46)4/h11-20,22-23,39-40,53-54,59-64H,21,24-28H2,1-10H3. The summed E-state index contributed by atoms with van der Waals surface area (Å²) in [6.45, 7) is 19.8. The molecule has 0 atom stereocenters. The molecule has 4 fully saturated rings. The zero-order valence-electron chi connectivity index (χ0n) is 39.2. The maximum atomic E-state index is 12.2. The second kappa shape index (κ2) is 15.4. The molecule has 6 aromatic rings. The fourth-order valence-corrected chi connectivity index (χ4v) is 13.1. The molecule has 64 heavy (non-hydrogen) atoms. The SMILES string of the molecule is Cc1cc(C(c2cc(C)c(O)cc2C)c2cc(C34CC5CC(C3)CC(c3cc(C)c(O)c(C(c6cc(C)c(O)cc6C)c6cc(C)c(O)cc6C)c3)(C5)C4)cc(C)c2O)c(C)cc1O. The van der Waals surface area contributed by atoms with E-state index in [-0.39, 0.29) is 57.2 Å². The molecule has 0 radical (unpaired) electrons. The third kappa shape index (κ3) is 7.00. The Morgan fingerprint density at radius 3 is 0.906 bits per heavy atom. The molecule has 6 N–H and O–H groups in total. The summed E-state index contributed by atoms with van der Waals surface area (Å²) in [6, 6.07) is 24.6. The molecular weight excluding hydrogens is 793 g/mol. The number of aromatic hydroxyl groups is 6. The van der Waals surface area contributed by atoms with Gasteiger partial charge in [-0.2, -0.15) is 0 Å². The Hall–Kier alpha value is -5.88. The van der Waals surface area contributed by atoms with E-state index in [1.54, 1.807) is 0 Å². The molecule has 0 aromatic heterocycles. The van der Waals surface area contributed by atoms with E-state index in [2.05, 4.69) is 48.5 Å². The minimum absolute atomic E-state index is 0.137. The number of hydrogen-bond donors (Lipinski definition) is 6. The van der Waals surface area contributed by atoms with Gasteiger partial charge in [-0.1, -0.05) is 48.5 Å². The van der Waals surface area contributed by atoms with Gasteiger partial charge in [0.1, 0.15) is 34.5 Å². The minimum atomic E-state index is -0.349. The molecule has 332 valence electrons. The maximum Gasteiger partial charge on any atom is 0.122 e. The summed E-state index contributed by atoms with van der Waals surface area (Å²) in [7, 11) is 0. The highest BCUT2D eigenvalue weighted by Crippen LogP contribution is 2.67. The zero-order chi connectivity index (χ0) is 45.9. The van der Waals surface area contributed by atoms with E-state index in [1.807, 2.05) is 93.5 Å². The van der Waals surface area contributed by atoms with Crippen LogP contribution >= 0.6 is 0 Å². The molecule has 0 aliphatic heterocycles. The molecule has 10 rings (SSSR count). The van der Waals surface area contributed by atoms with Crippen LogP contribution in [0.25, 0.3) is 0 Å². The molecule has 0 amide bonds. The summed E-state index contributed by atoms with van der Waals surface area (Å²) >= 11 is 0. The Kier molecular flexibility index (Phi) is 10.4. The Morgan fingerprint density at radius 1 is 0.344 bits per heavy atom. The number of phenols is 6. The second-order valence-corrected chi connectivity index (χ2v) is 20.8. The van der Waals surface area contributed by atoms with Gasteiger partial charge in [-0.25, -0.2) is 0 Å². The van der Waals surface area contributed by atoms with Crippen molar-refractivity contribution in [3.05, 3.63) is 173 Å². The number of phenolic OH excluding ortho intramolecular Hbond substituents is 6. The molecule has 4 aliphatic carbocycles. The van der Waals surface area contributed by atoms with E-state index in [4.69, 9.17) is 0 Å². The van der Waals surface area contributed by atoms with Crippen molar-refractivity contribution in [2.45, 2.75) is 130 Å². The average Bonchev–Trinajstić information content (AvgIpc) is 3.21. The van der Waals surface area contributed by atoms with Crippen LogP contribution < -0.4 is 0 Å². The Balaban J connectivity index is 1.22. The van der Waals surface area contributed by atoms with Crippen LogP contribution in [0.3, 0.4) is 0 Å². The zero-order valence-corrected chi connectivity index (χ0v) is 39.2. The van der Waals surface area contributed by atoms with Crippen molar-refractivity contribution in [3.63, 3.8) is 0 Å². The third-order valence-electron chi connectivity index (χ3n) is 16.2. The molecule has 6 nitrogen and oxygen atoms in total. The lowest BCUT2D eigenvalue weighted by Gasteiger charge is -2.63. The van der Waals surface area contributed by atoms with Crippen molar-refractivity contribution >= 4 is 0 Å². The monoisotopic (exact) mass is 856 g/mol. The first-order chi connectivity index (χ1) is 30.2. The topological polar surface area (TPSA) is 121 Å². The minimum Gasteiger partial charge on any atom is -0.508 e. The van der Waals surface area contributed by atoms with E-state index >= 15 is 0 Å². The fraction of sp³-hybridized carbons (Fsp3) is 0.379. The lowest BCUT2D eigenvalue weighted by Crippen LogP contribution is -2.56. The van der Waals surface area contributed by atoms with Crippen molar-refractivity contribution in [1.82, 2.24) is 0 Å². The van der Waals surface area contributed by atoms with Gasteiger partial charge in [0.2, 0.25) is 0 Å². The first-order valence-corrected chi connectivity index (χ1v) is 23.1.